The van der Waals surface area contributed by atoms with Crippen LogP contribution in [0, 0.1) is 11.8 Å². The number of carbonyl (C=O) groups is 1. The molecular weight excluding hydrogens is 238 g/mol. The van der Waals surface area contributed by atoms with Crippen LogP contribution in [0.1, 0.15) is 32.6 Å². The Labute approximate surface area is 117 Å². The monoisotopic (exact) mass is 267 g/mol. The lowest BCUT2D eigenvalue weighted by molar-refractivity contribution is -0.138. The van der Waals surface area contributed by atoms with E-state index in [1.54, 1.807) is 0 Å². The summed E-state index contributed by atoms with van der Waals surface area (Å²) >= 11 is 0. The summed E-state index contributed by atoms with van der Waals surface area (Å²) in [5.41, 5.74) is 0. The van der Waals surface area contributed by atoms with E-state index in [4.69, 9.17) is 0 Å². The minimum Gasteiger partial charge on any atom is -0.342 e. The second kappa shape index (κ2) is 7.25. The van der Waals surface area contributed by atoms with E-state index in [9.17, 15) is 4.79 Å². The van der Waals surface area contributed by atoms with Gasteiger partial charge < -0.3 is 15.1 Å². The third-order valence-corrected chi connectivity index (χ3v) is 4.80. The molecule has 110 valence electrons. The largest absolute Gasteiger partial charge is 0.342 e. The van der Waals surface area contributed by atoms with E-state index in [2.05, 4.69) is 22.0 Å². The summed E-state index contributed by atoms with van der Waals surface area (Å²) in [6.45, 7) is 8.56. The topological polar surface area (TPSA) is 35.6 Å². The number of nitrogens with zero attached hydrogens (tertiary/aromatic N) is 2. The van der Waals surface area contributed by atoms with Crippen LogP contribution < -0.4 is 5.32 Å². The molecule has 0 aromatic heterocycles. The fourth-order valence-electron chi connectivity index (χ4n) is 3.40. The van der Waals surface area contributed by atoms with E-state index in [1.165, 1.54) is 12.8 Å². The highest BCUT2D eigenvalue weighted by atomic mass is 16.2. The zero-order valence-corrected chi connectivity index (χ0v) is 12.5. The van der Waals surface area contributed by atoms with Crippen molar-refractivity contribution < 1.29 is 4.79 Å². The minimum atomic E-state index is 0.295. The summed E-state index contributed by atoms with van der Waals surface area (Å²) in [6.07, 6.45) is 4.45. The van der Waals surface area contributed by atoms with E-state index in [0.717, 1.165) is 58.0 Å². The smallest absolute Gasteiger partial charge is 0.225 e. The number of carbonyl (C=O) groups excluding carboxylic acids is 1. The van der Waals surface area contributed by atoms with Crippen molar-refractivity contribution >= 4 is 5.91 Å². The van der Waals surface area contributed by atoms with Crippen molar-refractivity contribution in [1.82, 2.24) is 15.1 Å². The quantitative estimate of drug-likeness (QED) is 0.831. The first-order chi connectivity index (χ1) is 9.24. The highest BCUT2D eigenvalue weighted by molar-refractivity contribution is 5.79. The Hall–Kier alpha value is -0.610. The highest BCUT2D eigenvalue weighted by Gasteiger charge is 2.30. The molecular formula is C15H29N3O. The van der Waals surface area contributed by atoms with Gasteiger partial charge in [-0.3, -0.25) is 4.79 Å². The van der Waals surface area contributed by atoms with Gasteiger partial charge in [-0.1, -0.05) is 6.92 Å². The van der Waals surface area contributed by atoms with Gasteiger partial charge in [0.05, 0.1) is 0 Å². The number of hydrogen-bond acceptors (Lipinski definition) is 3. The number of piperidine rings is 2. The summed E-state index contributed by atoms with van der Waals surface area (Å²) in [7, 11) is 2.01. The highest BCUT2D eigenvalue weighted by Crippen LogP contribution is 2.23. The molecule has 0 bridgehead atoms. The minimum absolute atomic E-state index is 0.295. The van der Waals surface area contributed by atoms with Gasteiger partial charge in [0, 0.05) is 19.0 Å². The number of nitrogens with one attached hydrogen (secondary N) is 1. The van der Waals surface area contributed by atoms with E-state index in [0.29, 0.717) is 11.8 Å². The second-order valence-electron chi connectivity index (χ2n) is 6.03. The van der Waals surface area contributed by atoms with Gasteiger partial charge in [-0.25, -0.2) is 0 Å². The van der Waals surface area contributed by atoms with E-state index < -0.39 is 0 Å². The van der Waals surface area contributed by atoms with Crippen molar-refractivity contribution in [2.45, 2.75) is 32.6 Å². The summed E-state index contributed by atoms with van der Waals surface area (Å²) in [6, 6.07) is 0. The average Bonchev–Trinajstić information content (AvgIpc) is 2.48. The van der Waals surface area contributed by atoms with Gasteiger partial charge in [0.2, 0.25) is 5.91 Å². The molecule has 0 aromatic carbocycles. The molecule has 2 fully saturated rings. The SMILES string of the molecule is CCN1CCC(C(=O)N2CCC(CNC)CC2)CC1. The molecule has 19 heavy (non-hydrogen) atoms. The number of hydrogen-bond donors (Lipinski definition) is 1. The Morgan fingerprint density at radius 1 is 1.11 bits per heavy atom. The zero-order valence-electron chi connectivity index (χ0n) is 12.5. The van der Waals surface area contributed by atoms with Crippen molar-refractivity contribution in [2.75, 3.05) is 46.3 Å². The fraction of sp³-hybridized carbons (Fsp3) is 0.933. The molecule has 1 amide bonds. The van der Waals surface area contributed by atoms with E-state index >= 15 is 0 Å². The number of amides is 1. The standard InChI is InChI=1S/C15H29N3O/c1-3-17-8-6-14(7-9-17)15(19)18-10-4-13(5-11-18)12-16-2/h13-14,16H,3-12H2,1-2H3. The first-order valence-corrected chi connectivity index (χ1v) is 7.90. The Kier molecular flexibility index (Phi) is 5.64. The molecule has 2 rings (SSSR count). The molecule has 0 aromatic rings. The maximum atomic E-state index is 12.5. The van der Waals surface area contributed by atoms with Crippen LogP contribution in [0.4, 0.5) is 0 Å². The summed E-state index contributed by atoms with van der Waals surface area (Å²) < 4.78 is 0. The summed E-state index contributed by atoms with van der Waals surface area (Å²) in [5, 5.41) is 3.25. The molecule has 0 spiro atoms. The summed E-state index contributed by atoms with van der Waals surface area (Å²) in [4.78, 5) is 17.1. The Balaban J connectivity index is 1.75. The predicted molar refractivity (Wildman–Crippen MR) is 78.1 cm³/mol. The molecule has 4 heteroatoms. The van der Waals surface area contributed by atoms with Crippen LogP contribution in [0.2, 0.25) is 0 Å². The molecule has 2 aliphatic rings. The van der Waals surface area contributed by atoms with Crippen LogP contribution in [0.25, 0.3) is 0 Å². The third kappa shape index (κ3) is 3.93. The van der Waals surface area contributed by atoms with Crippen LogP contribution in [0.15, 0.2) is 0 Å². The van der Waals surface area contributed by atoms with Gasteiger partial charge >= 0.3 is 0 Å². The molecule has 2 aliphatic heterocycles. The van der Waals surface area contributed by atoms with Gasteiger partial charge in [-0.05, 0) is 64.8 Å². The van der Waals surface area contributed by atoms with Crippen molar-refractivity contribution in [3.63, 3.8) is 0 Å². The van der Waals surface area contributed by atoms with Crippen LogP contribution in [-0.4, -0.2) is 62.0 Å². The lowest BCUT2D eigenvalue weighted by Gasteiger charge is -2.37. The first-order valence-electron chi connectivity index (χ1n) is 7.90. The average molecular weight is 267 g/mol. The van der Waals surface area contributed by atoms with Crippen molar-refractivity contribution in [2.24, 2.45) is 11.8 Å². The second-order valence-corrected chi connectivity index (χ2v) is 6.03. The molecule has 0 radical (unpaired) electrons. The van der Waals surface area contributed by atoms with Crippen LogP contribution in [0.3, 0.4) is 0 Å². The maximum Gasteiger partial charge on any atom is 0.225 e. The van der Waals surface area contributed by atoms with Crippen molar-refractivity contribution in [1.29, 1.82) is 0 Å². The zero-order chi connectivity index (χ0) is 13.7. The third-order valence-electron chi connectivity index (χ3n) is 4.80. The first kappa shape index (κ1) is 14.8. The van der Waals surface area contributed by atoms with Crippen LogP contribution >= 0.6 is 0 Å². The molecule has 1 N–H and O–H groups in total. The lowest BCUT2D eigenvalue weighted by Crippen LogP contribution is -2.46. The van der Waals surface area contributed by atoms with Gasteiger partial charge in [0.1, 0.15) is 0 Å². The Morgan fingerprint density at radius 2 is 1.74 bits per heavy atom. The Morgan fingerprint density at radius 3 is 2.26 bits per heavy atom. The molecule has 0 saturated carbocycles. The van der Waals surface area contributed by atoms with Gasteiger partial charge in [-0.15, -0.1) is 0 Å². The number of likely N-dealkylation sites (tertiary alicyclic amines) is 2. The van der Waals surface area contributed by atoms with Crippen LogP contribution in [-0.2, 0) is 4.79 Å². The fourth-order valence-corrected chi connectivity index (χ4v) is 3.40. The van der Waals surface area contributed by atoms with E-state index in [1.807, 2.05) is 7.05 Å². The maximum absolute atomic E-state index is 12.5. The Bertz CT molecular complexity index is 279. The molecule has 2 saturated heterocycles. The normalized spacial score (nSPS) is 23.8. The van der Waals surface area contributed by atoms with Gasteiger partial charge in [0.15, 0.2) is 0 Å². The molecule has 4 nitrogen and oxygen atoms in total. The lowest BCUT2D eigenvalue weighted by atomic mass is 9.92. The molecule has 0 atom stereocenters. The predicted octanol–water partition coefficient (Wildman–Crippen LogP) is 1.18. The van der Waals surface area contributed by atoms with Gasteiger partial charge in [-0.2, -0.15) is 0 Å². The summed E-state index contributed by atoms with van der Waals surface area (Å²) in [5.74, 6) is 1.48. The number of rotatable bonds is 4. The van der Waals surface area contributed by atoms with Crippen molar-refractivity contribution in [3.05, 3.63) is 0 Å². The van der Waals surface area contributed by atoms with Crippen molar-refractivity contribution in [3.8, 4) is 0 Å². The van der Waals surface area contributed by atoms with Crippen LogP contribution in [0.5, 0.6) is 0 Å². The molecule has 0 aliphatic carbocycles. The van der Waals surface area contributed by atoms with Gasteiger partial charge in [0.25, 0.3) is 0 Å². The molecule has 2 heterocycles. The molecule has 0 unspecified atom stereocenters. The van der Waals surface area contributed by atoms with E-state index in [-0.39, 0.29) is 0 Å².